The summed E-state index contributed by atoms with van der Waals surface area (Å²) in [6.07, 6.45) is 7.03. The average molecular weight is 381 g/mol. The fourth-order valence-electron chi connectivity index (χ4n) is 3.76. The Balaban J connectivity index is 1.23. The molecule has 2 fully saturated rings. The Kier molecular flexibility index (Phi) is 5.66. The van der Waals surface area contributed by atoms with Crippen LogP contribution in [0.15, 0.2) is 36.9 Å². The van der Waals surface area contributed by atoms with Gasteiger partial charge in [-0.25, -0.2) is 9.97 Å². The number of nitrogens with zero attached hydrogens (tertiary/aromatic N) is 7. The molecule has 0 unspecified atom stereocenters. The fraction of sp³-hybridized carbons (Fsp3) is 0.500. The SMILES string of the molecule is Cc1ccnc(N2CCN(CC(=O)N3CCN(c4cnccn4)CC3)CC2)c1. The number of hydrogen-bond acceptors (Lipinski definition) is 7. The van der Waals surface area contributed by atoms with Crippen LogP contribution in [0, 0.1) is 6.92 Å². The maximum absolute atomic E-state index is 12.7. The van der Waals surface area contributed by atoms with Crippen LogP contribution >= 0.6 is 0 Å². The summed E-state index contributed by atoms with van der Waals surface area (Å²) in [6.45, 7) is 9.26. The minimum Gasteiger partial charge on any atom is -0.354 e. The molecule has 2 saturated heterocycles. The molecule has 8 nitrogen and oxygen atoms in total. The Bertz CT molecular complexity index is 784. The van der Waals surface area contributed by atoms with E-state index in [2.05, 4.69) is 42.6 Å². The molecule has 0 bridgehead atoms. The van der Waals surface area contributed by atoms with Gasteiger partial charge in [-0.2, -0.15) is 0 Å². The standard InChI is InChI=1S/C20H27N7O/c1-17-2-3-22-18(14-17)25-8-6-24(7-9-25)16-20(28)27-12-10-26(11-13-27)19-15-21-4-5-23-19/h2-5,14-15H,6-13,16H2,1H3. The third-order valence-electron chi connectivity index (χ3n) is 5.46. The monoisotopic (exact) mass is 381 g/mol. The van der Waals surface area contributed by atoms with Gasteiger partial charge in [-0.3, -0.25) is 14.7 Å². The van der Waals surface area contributed by atoms with Crippen molar-refractivity contribution in [3.63, 3.8) is 0 Å². The number of hydrogen-bond donors (Lipinski definition) is 0. The third-order valence-corrected chi connectivity index (χ3v) is 5.46. The quantitative estimate of drug-likeness (QED) is 0.770. The molecular formula is C20H27N7O. The molecule has 0 saturated carbocycles. The molecule has 0 atom stereocenters. The number of carbonyl (C=O) groups excluding carboxylic acids is 1. The molecule has 148 valence electrons. The second-order valence-corrected chi connectivity index (χ2v) is 7.39. The first-order valence-electron chi connectivity index (χ1n) is 9.88. The smallest absolute Gasteiger partial charge is 0.236 e. The van der Waals surface area contributed by atoms with Gasteiger partial charge in [0.15, 0.2) is 0 Å². The van der Waals surface area contributed by atoms with E-state index in [1.54, 1.807) is 18.6 Å². The van der Waals surface area contributed by atoms with Crippen molar-refractivity contribution in [2.24, 2.45) is 0 Å². The van der Waals surface area contributed by atoms with Gasteiger partial charge < -0.3 is 14.7 Å². The molecular weight excluding hydrogens is 354 g/mol. The second-order valence-electron chi connectivity index (χ2n) is 7.39. The number of rotatable bonds is 4. The van der Waals surface area contributed by atoms with Crippen molar-refractivity contribution in [1.29, 1.82) is 0 Å². The summed E-state index contributed by atoms with van der Waals surface area (Å²) in [5.74, 6) is 2.14. The highest BCUT2D eigenvalue weighted by Gasteiger charge is 2.25. The number of amides is 1. The summed E-state index contributed by atoms with van der Waals surface area (Å²) >= 11 is 0. The van der Waals surface area contributed by atoms with Crippen molar-refractivity contribution in [2.45, 2.75) is 6.92 Å². The minimum absolute atomic E-state index is 0.223. The predicted molar refractivity (Wildman–Crippen MR) is 108 cm³/mol. The lowest BCUT2D eigenvalue weighted by Crippen LogP contribution is -2.54. The van der Waals surface area contributed by atoms with Gasteiger partial charge in [-0.1, -0.05) is 0 Å². The van der Waals surface area contributed by atoms with Crippen LogP contribution in [0.25, 0.3) is 0 Å². The van der Waals surface area contributed by atoms with E-state index in [1.807, 2.05) is 17.2 Å². The van der Waals surface area contributed by atoms with Gasteiger partial charge in [0, 0.05) is 70.9 Å². The number of aromatic nitrogens is 3. The molecule has 0 radical (unpaired) electrons. The van der Waals surface area contributed by atoms with Gasteiger partial charge in [0.25, 0.3) is 0 Å². The molecule has 8 heteroatoms. The van der Waals surface area contributed by atoms with Crippen LogP contribution in [0.2, 0.25) is 0 Å². The van der Waals surface area contributed by atoms with E-state index >= 15 is 0 Å². The van der Waals surface area contributed by atoms with E-state index < -0.39 is 0 Å². The average Bonchev–Trinajstić information content (AvgIpc) is 2.75. The highest BCUT2D eigenvalue weighted by atomic mass is 16.2. The maximum Gasteiger partial charge on any atom is 0.236 e. The Morgan fingerprint density at radius 1 is 0.893 bits per heavy atom. The van der Waals surface area contributed by atoms with Gasteiger partial charge in [-0.05, 0) is 24.6 Å². The van der Waals surface area contributed by atoms with E-state index in [4.69, 9.17) is 0 Å². The summed E-state index contributed by atoms with van der Waals surface area (Å²) in [4.78, 5) is 34.4. The number of anilines is 2. The van der Waals surface area contributed by atoms with Crippen LogP contribution in [0.3, 0.4) is 0 Å². The summed E-state index contributed by atoms with van der Waals surface area (Å²) in [5, 5.41) is 0. The van der Waals surface area contributed by atoms with E-state index in [-0.39, 0.29) is 5.91 Å². The zero-order valence-corrected chi connectivity index (χ0v) is 16.4. The summed E-state index contributed by atoms with van der Waals surface area (Å²) in [5.41, 5.74) is 1.23. The highest BCUT2D eigenvalue weighted by Crippen LogP contribution is 2.15. The molecule has 0 spiro atoms. The summed E-state index contributed by atoms with van der Waals surface area (Å²) < 4.78 is 0. The molecule has 2 aliphatic heterocycles. The van der Waals surface area contributed by atoms with E-state index in [0.29, 0.717) is 6.54 Å². The zero-order valence-electron chi connectivity index (χ0n) is 16.4. The van der Waals surface area contributed by atoms with Crippen molar-refractivity contribution < 1.29 is 4.79 Å². The zero-order chi connectivity index (χ0) is 19.3. The second kappa shape index (κ2) is 8.52. The first-order chi connectivity index (χ1) is 13.7. The largest absolute Gasteiger partial charge is 0.354 e. The van der Waals surface area contributed by atoms with Crippen LogP contribution < -0.4 is 9.80 Å². The Labute approximate surface area is 165 Å². The van der Waals surface area contributed by atoms with Crippen molar-refractivity contribution in [3.05, 3.63) is 42.5 Å². The van der Waals surface area contributed by atoms with Gasteiger partial charge in [0.2, 0.25) is 5.91 Å². The van der Waals surface area contributed by atoms with Crippen molar-refractivity contribution in [2.75, 3.05) is 68.7 Å². The molecule has 2 aromatic rings. The van der Waals surface area contributed by atoms with Crippen LogP contribution in [-0.2, 0) is 4.79 Å². The number of pyridine rings is 1. The van der Waals surface area contributed by atoms with E-state index in [9.17, 15) is 4.79 Å². The van der Waals surface area contributed by atoms with Crippen LogP contribution in [0.4, 0.5) is 11.6 Å². The normalized spacial score (nSPS) is 18.4. The molecule has 28 heavy (non-hydrogen) atoms. The lowest BCUT2D eigenvalue weighted by Gasteiger charge is -2.38. The first kappa shape index (κ1) is 18.6. The topological polar surface area (TPSA) is 68.7 Å². The van der Waals surface area contributed by atoms with Gasteiger partial charge in [0.05, 0.1) is 12.7 Å². The molecule has 2 aliphatic rings. The Hall–Kier alpha value is -2.74. The maximum atomic E-state index is 12.7. The Morgan fingerprint density at radius 2 is 1.57 bits per heavy atom. The lowest BCUT2D eigenvalue weighted by molar-refractivity contribution is -0.132. The summed E-state index contributed by atoms with van der Waals surface area (Å²) in [6, 6.07) is 4.14. The first-order valence-corrected chi connectivity index (χ1v) is 9.88. The van der Waals surface area contributed by atoms with Gasteiger partial charge >= 0.3 is 0 Å². The minimum atomic E-state index is 0.223. The summed E-state index contributed by atoms with van der Waals surface area (Å²) in [7, 11) is 0. The van der Waals surface area contributed by atoms with E-state index in [0.717, 1.165) is 64.0 Å². The van der Waals surface area contributed by atoms with Crippen molar-refractivity contribution in [1.82, 2.24) is 24.8 Å². The predicted octanol–water partition coefficient (Wildman–Crippen LogP) is 0.651. The molecule has 4 heterocycles. The van der Waals surface area contributed by atoms with Gasteiger partial charge in [-0.15, -0.1) is 0 Å². The molecule has 0 aliphatic carbocycles. The molecule has 4 rings (SSSR count). The number of carbonyl (C=O) groups is 1. The molecule has 1 amide bonds. The molecule has 0 N–H and O–H groups in total. The fourth-order valence-corrected chi connectivity index (χ4v) is 3.76. The highest BCUT2D eigenvalue weighted by molar-refractivity contribution is 5.78. The van der Waals surface area contributed by atoms with Crippen LogP contribution in [0.1, 0.15) is 5.56 Å². The van der Waals surface area contributed by atoms with E-state index in [1.165, 1.54) is 5.56 Å². The molecule has 2 aromatic heterocycles. The number of piperazine rings is 2. The third kappa shape index (κ3) is 4.39. The van der Waals surface area contributed by atoms with Crippen LogP contribution in [0.5, 0.6) is 0 Å². The van der Waals surface area contributed by atoms with Gasteiger partial charge in [0.1, 0.15) is 11.6 Å². The van der Waals surface area contributed by atoms with Crippen LogP contribution in [-0.4, -0.2) is 89.6 Å². The van der Waals surface area contributed by atoms with Crippen molar-refractivity contribution >= 4 is 17.5 Å². The van der Waals surface area contributed by atoms with Crippen molar-refractivity contribution in [3.8, 4) is 0 Å². The number of aryl methyl sites for hydroxylation is 1. The molecule has 0 aromatic carbocycles. The lowest BCUT2D eigenvalue weighted by atomic mass is 10.2. The Morgan fingerprint density at radius 3 is 2.25 bits per heavy atom.